The molecule has 0 heterocycles. The first-order valence-corrected chi connectivity index (χ1v) is 6.80. The minimum Gasteiger partial charge on any atom is -0.506 e. The first kappa shape index (κ1) is 13.5. The van der Waals surface area contributed by atoms with Crippen LogP contribution in [0.1, 0.15) is 17.2 Å². The van der Waals surface area contributed by atoms with Crippen LogP contribution in [0, 0.1) is 0 Å². The van der Waals surface area contributed by atoms with Crippen LogP contribution in [0.3, 0.4) is 0 Å². The number of rotatable bonds is 3. The zero-order chi connectivity index (χ0) is 13.1. The zero-order valence-corrected chi connectivity index (χ0v) is 12.5. The molecule has 94 valence electrons. The van der Waals surface area contributed by atoms with Crippen molar-refractivity contribution < 1.29 is 9.94 Å². The summed E-state index contributed by atoms with van der Waals surface area (Å²) < 4.78 is 1.42. The second-order valence-electron chi connectivity index (χ2n) is 3.75. The fourth-order valence-electron chi connectivity index (χ4n) is 1.75. The van der Waals surface area contributed by atoms with Gasteiger partial charge in [-0.3, -0.25) is 4.84 Å². The Bertz CT molecular complexity index is 546. The molecule has 5 heteroatoms. The largest absolute Gasteiger partial charge is 0.506 e. The van der Waals surface area contributed by atoms with Crippen LogP contribution in [-0.4, -0.2) is 5.11 Å². The van der Waals surface area contributed by atoms with Crippen LogP contribution in [0.25, 0.3) is 0 Å². The Morgan fingerprint density at radius 1 is 1.11 bits per heavy atom. The van der Waals surface area contributed by atoms with Gasteiger partial charge in [0.05, 0.1) is 4.47 Å². The molecule has 2 rings (SSSR count). The van der Waals surface area contributed by atoms with E-state index < -0.39 is 6.10 Å². The summed E-state index contributed by atoms with van der Waals surface area (Å²) in [6.45, 7) is 0. The van der Waals surface area contributed by atoms with Crippen LogP contribution in [0.15, 0.2) is 51.4 Å². The maximum Gasteiger partial charge on any atom is 0.136 e. The lowest BCUT2D eigenvalue weighted by atomic mass is 10.0. The van der Waals surface area contributed by atoms with E-state index in [0.29, 0.717) is 10.0 Å². The molecule has 0 aliphatic carbocycles. The van der Waals surface area contributed by atoms with E-state index in [1.165, 1.54) is 0 Å². The highest BCUT2D eigenvalue weighted by molar-refractivity contribution is 9.11. The molecule has 0 radical (unpaired) electrons. The van der Waals surface area contributed by atoms with E-state index >= 15 is 0 Å². The standard InChI is InChI=1S/C13H11Br2NO2/c14-9-6-10(12(17)11(15)7-9)13(18-16)8-4-2-1-3-5-8/h1-7,13,17H,16H2. The van der Waals surface area contributed by atoms with Crippen molar-refractivity contribution >= 4 is 31.9 Å². The first-order chi connectivity index (χ1) is 8.63. The van der Waals surface area contributed by atoms with Gasteiger partial charge in [-0.1, -0.05) is 46.3 Å². The van der Waals surface area contributed by atoms with E-state index in [1.54, 1.807) is 12.1 Å². The summed E-state index contributed by atoms with van der Waals surface area (Å²) in [6, 6.07) is 13.0. The van der Waals surface area contributed by atoms with Gasteiger partial charge in [-0.05, 0) is 33.6 Å². The van der Waals surface area contributed by atoms with E-state index in [2.05, 4.69) is 31.9 Å². The van der Waals surface area contributed by atoms with E-state index in [-0.39, 0.29) is 5.75 Å². The molecule has 18 heavy (non-hydrogen) atoms. The van der Waals surface area contributed by atoms with Crippen molar-refractivity contribution in [1.29, 1.82) is 0 Å². The van der Waals surface area contributed by atoms with Gasteiger partial charge >= 0.3 is 0 Å². The lowest BCUT2D eigenvalue weighted by molar-refractivity contribution is 0.0794. The fourth-order valence-corrected chi connectivity index (χ4v) is 3.00. The zero-order valence-electron chi connectivity index (χ0n) is 9.31. The highest BCUT2D eigenvalue weighted by atomic mass is 79.9. The SMILES string of the molecule is NOC(c1ccccc1)c1cc(Br)cc(Br)c1O. The molecule has 0 saturated heterocycles. The predicted octanol–water partition coefficient (Wildman–Crippen LogP) is 3.90. The van der Waals surface area contributed by atoms with Crippen molar-refractivity contribution in [2.24, 2.45) is 5.90 Å². The van der Waals surface area contributed by atoms with Gasteiger partial charge in [0.2, 0.25) is 0 Å². The molecule has 0 fully saturated rings. The number of aromatic hydroxyl groups is 1. The monoisotopic (exact) mass is 371 g/mol. The number of benzene rings is 2. The van der Waals surface area contributed by atoms with Crippen molar-refractivity contribution in [3.05, 3.63) is 62.5 Å². The maximum absolute atomic E-state index is 10.1. The van der Waals surface area contributed by atoms with Gasteiger partial charge in [0.15, 0.2) is 0 Å². The van der Waals surface area contributed by atoms with Gasteiger partial charge in [-0.15, -0.1) is 0 Å². The van der Waals surface area contributed by atoms with Crippen LogP contribution in [0.4, 0.5) is 0 Å². The average molecular weight is 373 g/mol. The van der Waals surface area contributed by atoms with Gasteiger partial charge in [0, 0.05) is 10.0 Å². The van der Waals surface area contributed by atoms with Gasteiger partial charge in [-0.2, -0.15) is 0 Å². The second-order valence-corrected chi connectivity index (χ2v) is 5.52. The quantitative estimate of drug-likeness (QED) is 0.803. The highest BCUT2D eigenvalue weighted by Gasteiger charge is 2.20. The number of hydrogen-bond acceptors (Lipinski definition) is 3. The van der Waals surface area contributed by atoms with Crippen molar-refractivity contribution in [1.82, 2.24) is 0 Å². The molecular weight excluding hydrogens is 362 g/mol. The number of nitrogens with two attached hydrogens (primary N) is 1. The van der Waals surface area contributed by atoms with Crippen molar-refractivity contribution in [3.63, 3.8) is 0 Å². The van der Waals surface area contributed by atoms with Gasteiger partial charge in [0.25, 0.3) is 0 Å². The Kier molecular flexibility index (Phi) is 4.40. The van der Waals surface area contributed by atoms with Crippen molar-refractivity contribution in [2.75, 3.05) is 0 Å². The van der Waals surface area contributed by atoms with Crippen molar-refractivity contribution in [3.8, 4) is 5.75 Å². The molecule has 0 amide bonds. The average Bonchev–Trinajstić information content (AvgIpc) is 2.37. The Hall–Kier alpha value is -0.880. The molecule has 2 aromatic carbocycles. The van der Waals surface area contributed by atoms with E-state index in [1.807, 2.05) is 30.3 Å². The van der Waals surface area contributed by atoms with E-state index in [9.17, 15) is 5.11 Å². The van der Waals surface area contributed by atoms with Crippen LogP contribution in [-0.2, 0) is 4.84 Å². The molecule has 0 aliphatic heterocycles. The second kappa shape index (κ2) is 5.84. The van der Waals surface area contributed by atoms with Crippen molar-refractivity contribution in [2.45, 2.75) is 6.10 Å². The Balaban J connectivity index is 2.52. The third-order valence-electron chi connectivity index (χ3n) is 2.58. The molecule has 0 aromatic heterocycles. The molecule has 0 spiro atoms. The smallest absolute Gasteiger partial charge is 0.136 e. The molecule has 0 bridgehead atoms. The Morgan fingerprint density at radius 3 is 2.39 bits per heavy atom. The third kappa shape index (κ3) is 2.75. The van der Waals surface area contributed by atoms with E-state index in [4.69, 9.17) is 10.7 Å². The normalized spacial score (nSPS) is 12.4. The molecule has 0 saturated carbocycles. The maximum atomic E-state index is 10.1. The summed E-state index contributed by atoms with van der Waals surface area (Å²) >= 11 is 6.67. The van der Waals surface area contributed by atoms with Crippen LogP contribution in [0.5, 0.6) is 5.75 Å². The number of phenolic OH excluding ortho intramolecular Hbond substituents is 1. The summed E-state index contributed by atoms with van der Waals surface area (Å²) in [5.41, 5.74) is 1.48. The molecule has 1 atom stereocenters. The molecule has 2 aromatic rings. The van der Waals surface area contributed by atoms with Gasteiger partial charge < -0.3 is 5.11 Å². The summed E-state index contributed by atoms with van der Waals surface area (Å²) in [5, 5.41) is 10.1. The van der Waals surface area contributed by atoms with Crippen LogP contribution in [0.2, 0.25) is 0 Å². The molecule has 0 aliphatic rings. The van der Waals surface area contributed by atoms with E-state index in [0.717, 1.165) is 10.0 Å². The topological polar surface area (TPSA) is 55.5 Å². The van der Waals surface area contributed by atoms with Gasteiger partial charge in [0.1, 0.15) is 11.9 Å². The number of phenols is 1. The lowest BCUT2D eigenvalue weighted by Crippen LogP contribution is -2.11. The fraction of sp³-hybridized carbons (Fsp3) is 0.0769. The summed E-state index contributed by atoms with van der Waals surface area (Å²) in [4.78, 5) is 5.01. The molecule has 3 nitrogen and oxygen atoms in total. The summed E-state index contributed by atoms with van der Waals surface area (Å²) in [5.74, 6) is 5.49. The Labute approximate surface area is 122 Å². The minimum atomic E-state index is -0.514. The molecule has 1 unspecified atom stereocenters. The predicted molar refractivity (Wildman–Crippen MR) is 77.1 cm³/mol. The molecular formula is C13H11Br2NO2. The third-order valence-corrected chi connectivity index (χ3v) is 3.64. The Morgan fingerprint density at radius 2 is 1.78 bits per heavy atom. The minimum absolute atomic E-state index is 0.123. The molecule has 3 N–H and O–H groups in total. The first-order valence-electron chi connectivity index (χ1n) is 5.22. The summed E-state index contributed by atoms with van der Waals surface area (Å²) in [7, 11) is 0. The van der Waals surface area contributed by atoms with Crippen LogP contribution >= 0.6 is 31.9 Å². The number of halogens is 2. The van der Waals surface area contributed by atoms with Gasteiger partial charge in [-0.25, -0.2) is 5.90 Å². The highest BCUT2D eigenvalue weighted by Crippen LogP contribution is 2.38. The summed E-state index contributed by atoms with van der Waals surface area (Å²) in [6.07, 6.45) is -0.514. The lowest BCUT2D eigenvalue weighted by Gasteiger charge is -2.17. The van der Waals surface area contributed by atoms with Crippen LogP contribution < -0.4 is 5.90 Å². The number of hydrogen-bond donors (Lipinski definition) is 2.